The molecule has 19 heavy (non-hydrogen) atoms. The summed E-state index contributed by atoms with van der Waals surface area (Å²) in [7, 11) is 1.38. The Hall–Kier alpha value is -1.55. The number of hydrogen-bond acceptors (Lipinski definition) is 4. The van der Waals surface area contributed by atoms with E-state index in [1.165, 1.54) is 18.9 Å². The molecule has 3 nitrogen and oxygen atoms in total. The average molecular weight is 278 g/mol. The molecule has 102 valence electrons. The second kappa shape index (κ2) is 7.79. The van der Waals surface area contributed by atoms with Gasteiger partial charge in [0.25, 0.3) is 0 Å². The number of hydrogen-bond donors (Lipinski definition) is 0. The van der Waals surface area contributed by atoms with Gasteiger partial charge in [-0.3, -0.25) is 4.79 Å². The van der Waals surface area contributed by atoms with Crippen molar-refractivity contribution < 1.29 is 14.3 Å². The van der Waals surface area contributed by atoms with Gasteiger partial charge in [0.15, 0.2) is 5.12 Å². The zero-order chi connectivity index (χ0) is 14.3. The van der Waals surface area contributed by atoms with Crippen molar-refractivity contribution >= 4 is 28.9 Å². The number of methoxy groups -OCH3 is 1. The van der Waals surface area contributed by atoms with Crippen molar-refractivity contribution in [1.29, 1.82) is 0 Å². The SMILES string of the molecule is COC(=O)c1cc(C=CCCSC(C)=O)ccc1C. The van der Waals surface area contributed by atoms with E-state index in [0.29, 0.717) is 5.56 Å². The molecule has 0 aliphatic rings. The molecule has 0 aliphatic carbocycles. The van der Waals surface area contributed by atoms with Crippen LogP contribution >= 0.6 is 11.8 Å². The third-order valence-electron chi connectivity index (χ3n) is 2.57. The van der Waals surface area contributed by atoms with Crippen LogP contribution in [0.5, 0.6) is 0 Å². The Morgan fingerprint density at radius 3 is 2.74 bits per heavy atom. The van der Waals surface area contributed by atoms with Gasteiger partial charge in [0.2, 0.25) is 0 Å². The highest BCUT2D eigenvalue weighted by atomic mass is 32.2. The summed E-state index contributed by atoms with van der Waals surface area (Å²) in [6, 6.07) is 5.67. The highest BCUT2D eigenvalue weighted by Gasteiger charge is 2.08. The van der Waals surface area contributed by atoms with Gasteiger partial charge in [-0.1, -0.05) is 36.0 Å². The van der Waals surface area contributed by atoms with Gasteiger partial charge < -0.3 is 4.74 Å². The minimum absolute atomic E-state index is 0.136. The van der Waals surface area contributed by atoms with Gasteiger partial charge in [0, 0.05) is 12.7 Å². The maximum absolute atomic E-state index is 11.6. The van der Waals surface area contributed by atoms with Gasteiger partial charge in [-0.05, 0) is 30.5 Å². The number of carbonyl (C=O) groups is 2. The number of ether oxygens (including phenoxy) is 1. The third kappa shape index (κ3) is 5.30. The van der Waals surface area contributed by atoms with E-state index in [-0.39, 0.29) is 11.1 Å². The number of rotatable bonds is 5. The normalized spacial score (nSPS) is 10.7. The minimum Gasteiger partial charge on any atom is -0.465 e. The molecule has 0 aliphatic heterocycles. The molecular weight excluding hydrogens is 260 g/mol. The maximum Gasteiger partial charge on any atom is 0.338 e. The van der Waals surface area contributed by atoms with Crippen LogP contribution in [0.4, 0.5) is 0 Å². The van der Waals surface area contributed by atoms with Crippen molar-refractivity contribution in [2.24, 2.45) is 0 Å². The molecule has 0 fully saturated rings. The zero-order valence-electron chi connectivity index (χ0n) is 11.4. The minimum atomic E-state index is -0.320. The predicted molar refractivity (Wildman–Crippen MR) is 79.3 cm³/mol. The van der Waals surface area contributed by atoms with Crippen LogP contribution in [0.3, 0.4) is 0 Å². The zero-order valence-corrected chi connectivity index (χ0v) is 12.3. The fourth-order valence-corrected chi connectivity index (χ4v) is 2.10. The van der Waals surface area contributed by atoms with E-state index in [9.17, 15) is 9.59 Å². The van der Waals surface area contributed by atoms with Crippen LogP contribution in [0.25, 0.3) is 6.08 Å². The molecule has 0 N–H and O–H groups in total. The average Bonchev–Trinajstić information content (AvgIpc) is 2.39. The smallest absolute Gasteiger partial charge is 0.338 e. The van der Waals surface area contributed by atoms with E-state index in [1.807, 2.05) is 37.3 Å². The Kier molecular flexibility index (Phi) is 6.36. The van der Waals surface area contributed by atoms with E-state index < -0.39 is 0 Å². The van der Waals surface area contributed by atoms with Gasteiger partial charge in [-0.25, -0.2) is 4.79 Å². The lowest BCUT2D eigenvalue weighted by atomic mass is 10.0. The second-order valence-corrected chi connectivity index (χ2v) is 5.37. The molecule has 0 saturated heterocycles. The molecule has 0 saturated carbocycles. The van der Waals surface area contributed by atoms with Crippen LogP contribution in [-0.2, 0) is 9.53 Å². The quantitative estimate of drug-likeness (QED) is 0.611. The Labute approximate surface area is 118 Å². The molecule has 0 aromatic heterocycles. The van der Waals surface area contributed by atoms with Crippen LogP contribution in [0.15, 0.2) is 24.3 Å². The number of benzene rings is 1. The summed E-state index contributed by atoms with van der Waals surface area (Å²) in [5.74, 6) is 0.460. The Morgan fingerprint density at radius 2 is 2.11 bits per heavy atom. The summed E-state index contributed by atoms with van der Waals surface area (Å²) in [5.41, 5.74) is 2.44. The van der Waals surface area contributed by atoms with Gasteiger partial charge in [0.1, 0.15) is 0 Å². The van der Waals surface area contributed by atoms with Gasteiger partial charge >= 0.3 is 5.97 Å². The Bertz CT molecular complexity index is 492. The lowest BCUT2D eigenvalue weighted by molar-refractivity contribution is -0.109. The summed E-state index contributed by atoms with van der Waals surface area (Å²) in [6.45, 7) is 3.44. The topological polar surface area (TPSA) is 43.4 Å². The van der Waals surface area contributed by atoms with E-state index >= 15 is 0 Å². The summed E-state index contributed by atoms with van der Waals surface area (Å²) < 4.78 is 4.74. The standard InChI is InChI=1S/C15H18O3S/c1-11-7-8-13(10-14(11)15(17)18-3)6-4-5-9-19-12(2)16/h4,6-8,10H,5,9H2,1-3H3. The van der Waals surface area contributed by atoms with Crippen molar-refractivity contribution in [2.75, 3.05) is 12.9 Å². The molecule has 1 aromatic carbocycles. The molecule has 0 amide bonds. The largest absolute Gasteiger partial charge is 0.465 e. The molecular formula is C15H18O3S. The van der Waals surface area contributed by atoms with Crippen molar-refractivity contribution in [3.05, 3.63) is 41.0 Å². The molecule has 0 heterocycles. The fraction of sp³-hybridized carbons (Fsp3) is 0.333. The highest BCUT2D eigenvalue weighted by Crippen LogP contribution is 2.14. The van der Waals surface area contributed by atoms with Crippen LogP contribution in [0.1, 0.15) is 34.8 Å². The van der Waals surface area contributed by atoms with Crippen molar-refractivity contribution in [3.63, 3.8) is 0 Å². The molecule has 0 unspecified atom stereocenters. The van der Waals surface area contributed by atoms with Crippen LogP contribution in [-0.4, -0.2) is 23.9 Å². The molecule has 1 rings (SSSR count). The molecule has 0 spiro atoms. The van der Waals surface area contributed by atoms with Gasteiger partial charge in [-0.2, -0.15) is 0 Å². The number of allylic oxidation sites excluding steroid dienone is 1. The first-order chi connectivity index (χ1) is 9.04. The highest BCUT2D eigenvalue weighted by molar-refractivity contribution is 8.13. The molecule has 0 radical (unpaired) electrons. The van der Waals surface area contributed by atoms with Crippen molar-refractivity contribution in [3.8, 4) is 0 Å². The first-order valence-corrected chi connectivity index (χ1v) is 7.02. The first kappa shape index (κ1) is 15.5. The summed E-state index contributed by atoms with van der Waals surface area (Å²) in [4.78, 5) is 22.3. The van der Waals surface area contributed by atoms with E-state index in [1.54, 1.807) is 6.92 Å². The third-order valence-corrected chi connectivity index (χ3v) is 3.41. The van der Waals surface area contributed by atoms with E-state index in [0.717, 1.165) is 23.3 Å². The Morgan fingerprint density at radius 1 is 1.37 bits per heavy atom. The van der Waals surface area contributed by atoms with Crippen LogP contribution in [0.2, 0.25) is 0 Å². The summed E-state index contributed by atoms with van der Waals surface area (Å²) >= 11 is 1.32. The number of thioether (sulfide) groups is 1. The monoisotopic (exact) mass is 278 g/mol. The lowest BCUT2D eigenvalue weighted by Gasteiger charge is -2.04. The lowest BCUT2D eigenvalue weighted by Crippen LogP contribution is -2.03. The van der Waals surface area contributed by atoms with Crippen molar-refractivity contribution in [1.82, 2.24) is 0 Å². The molecule has 0 atom stereocenters. The number of aryl methyl sites for hydroxylation is 1. The first-order valence-electron chi connectivity index (χ1n) is 6.03. The number of esters is 1. The van der Waals surface area contributed by atoms with E-state index in [4.69, 9.17) is 4.74 Å². The molecule has 0 bridgehead atoms. The maximum atomic E-state index is 11.6. The van der Waals surface area contributed by atoms with E-state index in [2.05, 4.69) is 0 Å². The van der Waals surface area contributed by atoms with Crippen molar-refractivity contribution in [2.45, 2.75) is 20.3 Å². The van der Waals surface area contributed by atoms with Gasteiger partial charge in [0.05, 0.1) is 12.7 Å². The molecule has 1 aromatic rings. The fourth-order valence-electron chi connectivity index (χ4n) is 1.56. The summed E-state index contributed by atoms with van der Waals surface area (Å²) in [6.07, 6.45) is 4.78. The molecule has 4 heteroatoms. The number of carbonyl (C=O) groups excluding carboxylic acids is 2. The second-order valence-electron chi connectivity index (χ2n) is 4.10. The predicted octanol–water partition coefficient (Wildman–Crippen LogP) is 3.46. The summed E-state index contributed by atoms with van der Waals surface area (Å²) in [5, 5.41) is 0.136. The van der Waals surface area contributed by atoms with Crippen LogP contribution < -0.4 is 0 Å². The van der Waals surface area contributed by atoms with Crippen LogP contribution in [0, 0.1) is 6.92 Å². The van der Waals surface area contributed by atoms with Gasteiger partial charge in [-0.15, -0.1) is 0 Å². The Balaban J connectivity index is 2.66.